The Morgan fingerprint density at radius 3 is 2.14 bits per heavy atom. The molecule has 3 aromatic carbocycles. The van der Waals surface area contributed by atoms with Crippen molar-refractivity contribution >= 4 is 43.5 Å². The molecule has 0 aliphatic heterocycles. The van der Waals surface area contributed by atoms with Crippen LogP contribution in [0.3, 0.4) is 0 Å². The predicted octanol–water partition coefficient (Wildman–Crippen LogP) is 3.38. The number of H-pyrrole nitrogens is 1. The molecule has 0 fully saturated rings. The topological polar surface area (TPSA) is 63.1 Å². The molecule has 0 atom stereocenters. The zero-order chi connectivity index (χ0) is 14.8. The molecular formula is C18H9NO3. The van der Waals surface area contributed by atoms with E-state index in [1.807, 2.05) is 30.3 Å². The van der Waals surface area contributed by atoms with E-state index in [2.05, 4.69) is 4.98 Å². The molecule has 2 heterocycles. The third-order valence-corrected chi connectivity index (χ3v) is 4.24. The summed E-state index contributed by atoms with van der Waals surface area (Å²) in [7, 11) is 0. The Balaban J connectivity index is 2.27. The molecular weight excluding hydrogens is 278 g/mol. The maximum atomic E-state index is 12.1. The van der Waals surface area contributed by atoms with Crippen LogP contribution >= 0.6 is 0 Å². The number of hydrogen-bond donors (Lipinski definition) is 1. The lowest BCUT2D eigenvalue weighted by Gasteiger charge is -2.10. The van der Waals surface area contributed by atoms with E-state index < -0.39 is 0 Å². The Morgan fingerprint density at radius 1 is 0.636 bits per heavy atom. The van der Waals surface area contributed by atoms with Gasteiger partial charge in [-0.05, 0) is 29.7 Å². The largest absolute Gasteiger partial charge is 0.456 e. The van der Waals surface area contributed by atoms with Crippen LogP contribution in [-0.4, -0.2) is 4.98 Å². The summed E-state index contributed by atoms with van der Waals surface area (Å²) in [5.74, 6) is 0. The fourth-order valence-corrected chi connectivity index (χ4v) is 3.29. The Morgan fingerprint density at radius 2 is 1.32 bits per heavy atom. The van der Waals surface area contributed by atoms with Crippen molar-refractivity contribution in [3.05, 3.63) is 69.2 Å². The lowest BCUT2D eigenvalue weighted by atomic mass is 9.97. The first-order valence-electron chi connectivity index (χ1n) is 6.97. The Bertz CT molecular complexity index is 1280. The summed E-state index contributed by atoms with van der Waals surface area (Å²) in [6, 6.07) is 14.9. The number of aromatic amines is 1. The third-order valence-electron chi connectivity index (χ3n) is 4.24. The average molecular weight is 287 g/mol. The van der Waals surface area contributed by atoms with Gasteiger partial charge in [0, 0.05) is 26.9 Å². The van der Waals surface area contributed by atoms with E-state index in [0.717, 1.165) is 21.7 Å². The van der Waals surface area contributed by atoms with Gasteiger partial charge in [-0.3, -0.25) is 14.6 Å². The maximum Gasteiger partial charge on any atom is 0.258 e. The van der Waals surface area contributed by atoms with E-state index in [0.29, 0.717) is 21.7 Å². The second-order valence-corrected chi connectivity index (χ2v) is 5.40. The zero-order valence-electron chi connectivity index (χ0n) is 11.3. The van der Waals surface area contributed by atoms with Crippen LogP contribution in [0, 0.1) is 0 Å². The molecule has 5 rings (SSSR count). The number of hydrogen-bond acceptors (Lipinski definition) is 3. The van der Waals surface area contributed by atoms with Crippen LogP contribution < -0.4 is 11.1 Å². The van der Waals surface area contributed by atoms with Gasteiger partial charge in [0.25, 0.3) is 11.1 Å². The molecule has 4 heteroatoms. The molecule has 0 spiro atoms. The highest BCUT2D eigenvalue weighted by Crippen LogP contribution is 2.36. The molecule has 22 heavy (non-hydrogen) atoms. The van der Waals surface area contributed by atoms with Crippen molar-refractivity contribution in [2.45, 2.75) is 0 Å². The first-order chi connectivity index (χ1) is 10.7. The molecule has 0 unspecified atom stereocenters. The Hall–Kier alpha value is -3.14. The van der Waals surface area contributed by atoms with Crippen LogP contribution in [0.5, 0.6) is 0 Å². The minimum absolute atomic E-state index is 0.361. The van der Waals surface area contributed by atoms with Crippen LogP contribution in [0.2, 0.25) is 0 Å². The number of nitrogens with one attached hydrogen (secondary N) is 1. The van der Waals surface area contributed by atoms with Crippen LogP contribution in [0.1, 0.15) is 0 Å². The normalized spacial score (nSPS) is 12.0. The number of para-hydroxylation sites is 1. The molecule has 0 bridgehead atoms. The first kappa shape index (κ1) is 11.5. The second kappa shape index (κ2) is 3.74. The maximum absolute atomic E-state index is 12.1. The van der Waals surface area contributed by atoms with Gasteiger partial charge in [-0.15, -0.1) is 0 Å². The van der Waals surface area contributed by atoms with Crippen molar-refractivity contribution in [1.29, 1.82) is 0 Å². The van der Waals surface area contributed by atoms with Crippen LogP contribution in [-0.2, 0) is 0 Å². The highest BCUT2D eigenvalue weighted by molar-refractivity contribution is 6.26. The van der Waals surface area contributed by atoms with Gasteiger partial charge in [-0.1, -0.05) is 24.3 Å². The summed E-state index contributed by atoms with van der Waals surface area (Å²) in [6.07, 6.45) is 0. The molecule has 0 saturated carbocycles. The van der Waals surface area contributed by atoms with Crippen molar-refractivity contribution < 1.29 is 4.42 Å². The molecule has 4 nitrogen and oxygen atoms in total. The van der Waals surface area contributed by atoms with Gasteiger partial charge in [0.1, 0.15) is 11.2 Å². The first-order valence-corrected chi connectivity index (χ1v) is 6.97. The molecule has 5 aromatic rings. The van der Waals surface area contributed by atoms with E-state index in [1.54, 1.807) is 18.2 Å². The summed E-state index contributed by atoms with van der Waals surface area (Å²) in [5.41, 5.74) is 0.738. The van der Waals surface area contributed by atoms with Gasteiger partial charge < -0.3 is 4.42 Å². The molecule has 0 aliphatic rings. The van der Waals surface area contributed by atoms with Crippen molar-refractivity contribution in [1.82, 2.24) is 4.98 Å². The van der Waals surface area contributed by atoms with Crippen molar-refractivity contribution in [2.75, 3.05) is 0 Å². The smallest absolute Gasteiger partial charge is 0.258 e. The minimum atomic E-state index is -0.361. The van der Waals surface area contributed by atoms with Gasteiger partial charge in [0.2, 0.25) is 0 Å². The number of benzene rings is 3. The minimum Gasteiger partial charge on any atom is -0.456 e. The lowest BCUT2D eigenvalue weighted by molar-refractivity contribution is 0.662. The van der Waals surface area contributed by atoms with Gasteiger partial charge >= 0.3 is 0 Å². The van der Waals surface area contributed by atoms with E-state index in [-0.39, 0.29) is 11.1 Å². The second-order valence-electron chi connectivity index (χ2n) is 5.40. The van der Waals surface area contributed by atoms with Crippen molar-refractivity contribution in [2.24, 2.45) is 0 Å². The summed E-state index contributed by atoms with van der Waals surface area (Å²) in [4.78, 5) is 26.5. The number of aromatic nitrogens is 1. The predicted molar refractivity (Wildman–Crippen MR) is 86.8 cm³/mol. The molecule has 0 radical (unpaired) electrons. The molecule has 0 amide bonds. The van der Waals surface area contributed by atoms with Crippen LogP contribution in [0.4, 0.5) is 0 Å². The summed E-state index contributed by atoms with van der Waals surface area (Å²) < 4.78 is 5.96. The SMILES string of the molecule is O=c1[nH]c(=O)c2ccc3c4ccccc4oc4ccc1c2c43. The van der Waals surface area contributed by atoms with E-state index in [9.17, 15) is 9.59 Å². The van der Waals surface area contributed by atoms with Gasteiger partial charge in [0.15, 0.2) is 0 Å². The van der Waals surface area contributed by atoms with Gasteiger partial charge in [0.05, 0.1) is 0 Å². The van der Waals surface area contributed by atoms with Gasteiger partial charge in [-0.2, -0.15) is 0 Å². The summed E-state index contributed by atoms with van der Waals surface area (Å²) >= 11 is 0. The molecule has 0 aliphatic carbocycles. The third kappa shape index (κ3) is 1.27. The standard InChI is InChI=1S/C18H9NO3/c20-17-11-6-5-10-9-3-1-2-4-13(9)22-14-8-7-12(18(21)19-17)15(11)16(10)14/h1-8H,(H,19,20,21). The monoisotopic (exact) mass is 287 g/mol. The molecule has 104 valence electrons. The van der Waals surface area contributed by atoms with Gasteiger partial charge in [-0.25, -0.2) is 0 Å². The Kier molecular flexibility index (Phi) is 1.96. The number of fused-ring (bicyclic) bond motifs is 2. The molecule has 2 aromatic heterocycles. The number of pyridine rings is 1. The highest BCUT2D eigenvalue weighted by atomic mass is 16.3. The fraction of sp³-hybridized carbons (Fsp3) is 0. The number of rotatable bonds is 0. The molecule has 0 saturated heterocycles. The average Bonchev–Trinajstić information content (AvgIpc) is 2.54. The van der Waals surface area contributed by atoms with Crippen molar-refractivity contribution in [3.63, 3.8) is 0 Å². The van der Waals surface area contributed by atoms with E-state index >= 15 is 0 Å². The fourth-order valence-electron chi connectivity index (χ4n) is 3.29. The summed E-state index contributed by atoms with van der Waals surface area (Å²) in [5, 5.41) is 4.49. The van der Waals surface area contributed by atoms with Crippen LogP contribution in [0.15, 0.2) is 62.5 Å². The van der Waals surface area contributed by atoms with E-state index in [4.69, 9.17) is 4.42 Å². The zero-order valence-corrected chi connectivity index (χ0v) is 11.3. The Labute approximate surface area is 122 Å². The van der Waals surface area contributed by atoms with Crippen molar-refractivity contribution in [3.8, 4) is 0 Å². The van der Waals surface area contributed by atoms with Crippen LogP contribution in [0.25, 0.3) is 43.5 Å². The quantitative estimate of drug-likeness (QED) is 0.351. The summed E-state index contributed by atoms with van der Waals surface area (Å²) in [6.45, 7) is 0. The van der Waals surface area contributed by atoms with E-state index in [1.165, 1.54) is 0 Å². The highest BCUT2D eigenvalue weighted by Gasteiger charge is 2.15. The lowest BCUT2D eigenvalue weighted by Crippen LogP contribution is -2.19. The molecule has 1 N–H and O–H groups in total.